The van der Waals surface area contributed by atoms with E-state index in [4.69, 9.17) is 0 Å². The van der Waals surface area contributed by atoms with Gasteiger partial charge in [0.25, 0.3) is 0 Å². The maximum absolute atomic E-state index is 12.4. The van der Waals surface area contributed by atoms with Gasteiger partial charge < -0.3 is 10.2 Å². The first-order valence-electron chi connectivity index (χ1n) is 6.79. The molecular weight excluding hydrogens is 270 g/mol. The van der Waals surface area contributed by atoms with Crippen molar-refractivity contribution in [1.82, 2.24) is 15.2 Å². The molecule has 0 spiro atoms. The van der Waals surface area contributed by atoms with Crippen LogP contribution in [0, 0.1) is 0 Å². The molecule has 1 aromatic heterocycles. The summed E-state index contributed by atoms with van der Waals surface area (Å²) in [6.45, 7) is 7.14. The lowest BCUT2D eigenvalue weighted by molar-refractivity contribution is -0.136. The molecule has 1 heterocycles. The molecule has 5 heteroatoms. The number of amides is 1. The Labute approximate surface area is 123 Å². The molecule has 0 saturated carbocycles. The van der Waals surface area contributed by atoms with E-state index in [9.17, 15) is 4.79 Å². The molecule has 1 N–H and O–H groups in total. The van der Waals surface area contributed by atoms with E-state index in [1.54, 1.807) is 16.2 Å². The molecular formula is C15H21N3OS. The number of benzene rings is 1. The summed E-state index contributed by atoms with van der Waals surface area (Å²) in [6.07, 6.45) is 0. The van der Waals surface area contributed by atoms with Gasteiger partial charge >= 0.3 is 0 Å². The van der Waals surface area contributed by atoms with Crippen LogP contribution in [0.15, 0.2) is 24.3 Å². The molecule has 0 unspecified atom stereocenters. The molecule has 4 nitrogen and oxygen atoms in total. The lowest BCUT2D eigenvalue weighted by Crippen LogP contribution is -2.52. The van der Waals surface area contributed by atoms with Gasteiger partial charge in [-0.2, -0.15) is 0 Å². The Bertz CT molecular complexity index is 573. The largest absolute Gasteiger partial charge is 0.337 e. The Morgan fingerprint density at radius 1 is 1.40 bits per heavy atom. The predicted octanol–water partition coefficient (Wildman–Crippen LogP) is 2.64. The first-order chi connectivity index (χ1) is 9.44. The van der Waals surface area contributed by atoms with E-state index >= 15 is 0 Å². The Balaban J connectivity index is 2.11. The van der Waals surface area contributed by atoms with Gasteiger partial charge in [0, 0.05) is 7.05 Å². The molecule has 0 aliphatic rings. The van der Waals surface area contributed by atoms with Crippen LogP contribution in [-0.4, -0.2) is 34.9 Å². The van der Waals surface area contributed by atoms with E-state index in [0.717, 1.165) is 21.8 Å². The van der Waals surface area contributed by atoms with Crippen LogP contribution in [0.1, 0.15) is 25.8 Å². The van der Waals surface area contributed by atoms with Crippen molar-refractivity contribution in [2.24, 2.45) is 0 Å². The van der Waals surface area contributed by atoms with Crippen molar-refractivity contribution in [1.29, 1.82) is 0 Å². The maximum Gasteiger partial charge on any atom is 0.242 e. The molecule has 108 valence electrons. The molecule has 0 atom stereocenters. The second-order valence-corrected chi connectivity index (χ2v) is 6.51. The molecule has 0 radical (unpaired) electrons. The van der Waals surface area contributed by atoms with Crippen molar-refractivity contribution in [3.05, 3.63) is 29.3 Å². The highest BCUT2D eigenvalue weighted by molar-refractivity contribution is 7.18. The standard InChI is InChI=1S/C15H21N3OS/c1-5-16-15(2,3)14(19)18(4)10-13-17-11-8-6-7-9-12(11)20-13/h6-9,16H,5,10H2,1-4H3. The number of para-hydroxylation sites is 1. The summed E-state index contributed by atoms with van der Waals surface area (Å²) in [7, 11) is 1.83. The van der Waals surface area contributed by atoms with Crippen LogP contribution >= 0.6 is 11.3 Å². The summed E-state index contributed by atoms with van der Waals surface area (Å²) in [5.41, 5.74) is 0.458. The summed E-state index contributed by atoms with van der Waals surface area (Å²) >= 11 is 1.64. The van der Waals surface area contributed by atoms with Crippen LogP contribution in [0.3, 0.4) is 0 Å². The van der Waals surface area contributed by atoms with E-state index in [0.29, 0.717) is 6.54 Å². The molecule has 20 heavy (non-hydrogen) atoms. The van der Waals surface area contributed by atoms with Gasteiger partial charge in [-0.05, 0) is 32.5 Å². The first kappa shape index (κ1) is 14.9. The van der Waals surface area contributed by atoms with E-state index in [1.807, 2.05) is 46.0 Å². The number of nitrogens with zero attached hydrogens (tertiary/aromatic N) is 2. The predicted molar refractivity (Wildman–Crippen MR) is 83.8 cm³/mol. The molecule has 0 saturated heterocycles. The van der Waals surface area contributed by atoms with Gasteiger partial charge in [-0.1, -0.05) is 19.1 Å². The SMILES string of the molecule is CCNC(C)(C)C(=O)N(C)Cc1nc2ccccc2s1. The maximum atomic E-state index is 12.4. The smallest absolute Gasteiger partial charge is 0.242 e. The van der Waals surface area contributed by atoms with Crippen LogP contribution < -0.4 is 5.32 Å². The molecule has 0 aliphatic carbocycles. The number of hydrogen-bond donors (Lipinski definition) is 1. The van der Waals surface area contributed by atoms with E-state index in [-0.39, 0.29) is 5.91 Å². The Morgan fingerprint density at radius 2 is 2.10 bits per heavy atom. The number of carbonyl (C=O) groups is 1. The first-order valence-corrected chi connectivity index (χ1v) is 7.60. The summed E-state index contributed by atoms with van der Waals surface area (Å²) in [5, 5.41) is 4.17. The van der Waals surface area contributed by atoms with Crippen LogP contribution in [0.25, 0.3) is 10.2 Å². The number of hydrogen-bond acceptors (Lipinski definition) is 4. The van der Waals surface area contributed by atoms with Crippen LogP contribution in [0.5, 0.6) is 0 Å². The number of thiazole rings is 1. The molecule has 2 aromatic rings. The second-order valence-electron chi connectivity index (χ2n) is 5.39. The molecule has 1 amide bonds. The van der Waals surface area contributed by atoms with Gasteiger partial charge in [-0.15, -0.1) is 11.3 Å². The minimum Gasteiger partial charge on any atom is -0.337 e. The summed E-state index contributed by atoms with van der Waals surface area (Å²) in [6, 6.07) is 8.04. The number of nitrogens with one attached hydrogen (secondary N) is 1. The topological polar surface area (TPSA) is 45.2 Å². The summed E-state index contributed by atoms with van der Waals surface area (Å²) in [5.74, 6) is 0.0820. The quantitative estimate of drug-likeness (QED) is 0.921. The van der Waals surface area contributed by atoms with Gasteiger partial charge in [-0.3, -0.25) is 4.79 Å². The number of aromatic nitrogens is 1. The number of likely N-dealkylation sites (N-methyl/N-ethyl adjacent to an activating group) is 2. The highest BCUT2D eigenvalue weighted by Gasteiger charge is 2.29. The van der Waals surface area contributed by atoms with Crippen LogP contribution in [0.4, 0.5) is 0 Å². The van der Waals surface area contributed by atoms with Crippen molar-refractivity contribution in [2.45, 2.75) is 32.9 Å². The Morgan fingerprint density at radius 3 is 2.75 bits per heavy atom. The highest BCUT2D eigenvalue weighted by atomic mass is 32.1. The third-order valence-corrected chi connectivity index (χ3v) is 4.23. The lowest BCUT2D eigenvalue weighted by Gasteiger charge is -2.29. The van der Waals surface area contributed by atoms with Crippen molar-refractivity contribution >= 4 is 27.5 Å². The van der Waals surface area contributed by atoms with Crippen molar-refractivity contribution in [2.75, 3.05) is 13.6 Å². The second kappa shape index (κ2) is 5.89. The van der Waals surface area contributed by atoms with Gasteiger partial charge in [0.2, 0.25) is 5.91 Å². The van der Waals surface area contributed by atoms with Gasteiger partial charge in [0.05, 0.1) is 22.3 Å². The summed E-state index contributed by atoms with van der Waals surface area (Å²) in [4.78, 5) is 18.7. The lowest BCUT2D eigenvalue weighted by atomic mass is 10.0. The van der Waals surface area contributed by atoms with Crippen LogP contribution in [0.2, 0.25) is 0 Å². The molecule has 2 rings (SSSR count). The zero-order valence-corrected chi connectivity index (χ0v) is 13.3. The minimum absolute atomic E-state index is 0.0820. The third-order valence-electron chi connectivity index (χ3n) is 3.21. The summed E-state index contributed by atoms with van der Waals surface area (Å²) < 4.78 is 1.16. The molecule has 1 aromatic carbocycles. The fourth-order valence-corrected chi connectivity index (χ4v) is 3.28. The number of fused-ring (bicyclic) bond motifs is 1. The van der Waals surface area contributed by atoms with E-state index in [2.05, 4.69) is 16.4 Å². The average molecular weight is 291 g/mol. The minimum atomic E-state index is -0.541. The highest BCUT2D eigenvalue weighted by Crippen LogP contribution is 2.22. The average Bonchev–Trinajstić information content (AvgIpc) is 2.79. The van der Waals surface area contributed by atoms with Crippen LogP contribution in [-0.2, 0) is 11.3 Å². The van der Waals surface area contributed by atoms with Gasteiger partial charge in [0.15, 0.2) is 0 Å². The fraction of sp³-hybridized carbons (Fsp3) is 0.467. The van der Waals surface area contributed by atoms with Crippen molar-refractivity contribution < 1.29 is 4.79 Å². The molecule has 0 bridgehead atoms. The fourth-order valence-electron chi connectivity index (χ4n) is 2.26. The zero-order valence-electron chi connectivity index (χ0n) is 12.4. The molecule has 0 aliphatic heterocycles. The Kier molecular flexibility index (Phi) is 4.40. The number of rotatable bonds is 5. The van der Waals surface area contributed by atoms with Crippen molar-refractivity contribution in [3.63, 3.8) is 0 Å². The van der Waals surface area contributed by atoms with Crippen molar-refractivity contribution in [3.8, 4) is 0 Å². The Hall–Kier alpha value is -1.46. The van der Waals surface area contributed by atoms with E-state index in [1.165, 1.54) is 0 Å². The third kappa shape index (κ3) is 3.16. The van der Waals surface area contributed by atoms with Gasteiger partial charge in [-0.25, -0.2) is 4.98 Å². The van der Waals surface area contributed by atoms with E-state index < -0.39 is 5.54 Å². The normalized spacial score (nSPS) is 11.8. The number of carbonyl (C=O) groups excluding carboxylic acids is 1. The molecule has 0 fully saturated rings. The van der Waals surface area contributed by atoms with Gasteiger partial charge in [0.1, 0.15) is 5.01 Å². The zero-order chi connectivity index (χ0) is 14.8. The monoisotopic (exact) mass is 291 g/mol.